The molecule has 2 amide bonds. The molecule has 0 saturated heterocycles. The lowest BCUT2D eigenvalue weighted by Crippen LogP contribution is -2.55. The van der Waals surface area contributed by atoms with Gasteiger partial charge in [0.05, 0.1) is 18.2 Å². The number of hydrogen-bond acceptors (Lipinski definition) is 6. The number of nitriles is 1. The summed E-state index contributed by atoms with van der Waals surface area (Å²) in [6, 6.07) is 17.1. The summed E-state index contributed by atoms with van der Waals surface area (Å²) in [7, 11) is 1.45. The molecule has 3 aromatic carbocycles. The molecule has 4 rings (SSSR count). The zero-order valence-corrected chi connectivity index (χ0v) is 23.9. The van der Waals surface area contributed by atoms with Gasteiger partial charge in [-0.3, -0.25) is 9.59 Å². The third-order valence-electron chi connectivity index (χ3n) is 6.69. The SMILES string of the molecule is CN1C(=O)[C@H](Cc2ccccc2)N(C(=O)COc2ccc(Cl)cc2Cl)CCCCOc2ccc(F)cc2CN1C#N. The maximum Gasteiger partial charge on any atom is 0.264 e. The third kappa shape index (κ3) is 7.81. The number of carbonyl (C=O) groups is 2. The summed E-state index contributed by atoms with van der Waals surface area (Å²) < 4.78 is 25.7. The van der Waals surface area contributed by atoms with Crippen LogP contribution in [-0.4, -0.2) is 59.6 Å². The molecule has 11 heteroatoms. The van der Waals surface area contributed by atoms with E-state index >= 15 is 0 Å². The number of halogens is 3. The van der Waals surface area contributed by atoms with E-state index in [9.17, 15) is 19.2 Å². The van der Waals surface area contributed by atoms with E-state index in [-0.39, 0.29) is 36.9 Å². The van der Waals surface area contributed by atoms with Gasteiger partial charge in [0.2, 0.25) is 0 Å². The first-order valence-corrected chi connectivity index (χ1v) is 13.8. The van der Waals surface area contributed by atoms with Crippen LogP contribution in [0.3, 0.4) is 0 Å². The fourth-order valence-corrected chi connectivity index (χ4v) is 4.98. The van der Waals surface area contributed by atoms with Crippen molar-refractivity contribution in [3.8, 4) is 17.7 Å². The monoisotopic (exact) mass is 598 g/mol. The van der Waals surface area contributed by atoms with Crippen molar-refractivity contribution in [2.75, 3.05) is 26.8 Å². The molecule has 8 nitrogen and oxygen atoms in total. The van der Waals surface area contributed by atoms with Gasteiger partial charge in [0.15, 0.2) is 12.8 Å². The molecular formula is C30H29Cl2FN4O4. The highest BCUT2D eigenvalue weighted by Gasteiger charge is 2.34. The molecule has 0 unspecified atom stereocenters. The molecule has 0 aliphatic carbocycles. The molecule has 0 aromatic heterocycles. The molecule has 41 heavy (non-hydrogen) atoms. The van der Waals surface area contributed by atoms with Gasteiger partial charge < -0.3 is 14.4 Å². The van der Waals surface area contributed by atoms with Crippen LogP contribution in [0.15, 0.2) is 66.7 Å². The Labute approximate surface area is 248 Å². The number of rotatable bonds is 5. The van der Waals surface area contributed by atoms with Gasteiger partial charge in [0.1, 0.15) is 23.4 Å². The first kappa shape index (κ1) is 30.0. The van der Waals surface area contributed by atoms with Crippen LogP contribution in [-0.2, 0) is 22.6 Å². The smallest absolute Gasteiger partial charge is 0.264 e. The Bertz CT molecular complexity index is 1420. The first-order chi connectivity index (χ1) is 19.8. The average Bonchev–Trinajstić information content (AvgIpc) is 2.97. The molecular weight excluding hydrogens is 570 g/mol. The number of benzene rings is 3. The third-order valence-corrected chi connectivity index (χ3v) is 7.22. The lowest BCUT2D eigenvalue weighted by atomic mass is 10.0. The van der Waals surface area contributed by atoms with E-state index in [0.29, 0.717) is 35.8 Å². The van der Waals surface area contributed by atoms with Crippen LogP contribution in [0.2, 0.25) is 10.0 Å². The van der Waals surface area contributed by atoms with Gasteiger partial charge in [-0.05, 0) is 54.8 Å². The molecule has 0 spiro atoms. The van der Waals surface area contributed by atoms with Gasteiger partial charge in [0, 0.05) is 30.6 Å². The number of carbonyl (C=O) groups excluding carboxylic acids is 2. The molecule has 214 valence electrons. The van der Waals surface area contributed by atoms with Crippen LogP contribution >= 0.6 is 23.2 Å². The fourth-order valence-electron chi connectivity index (χ4n) is 4.52. The summed E-state index contributed by atoms with van der Waals surface area (Å²) in [5, 5.41) is 12.9. The van der Waals surface area contributed by atoms with Crippen molar-refractivity contribution >= 4 is 35.0 Å². The first-order valence-electron chi connectivity index (χ1n) is 13.0. The minimum absolute atomic E-state index is 0.101. The summed E-state index contributed by atoms with van der Waals surface area (Å²) in [5.74, 6) is -0.682. The van der Waals surface area contributed by atoms with E-state index in [2.05, 4.69) is 0 Å². The zero-order chi connectivity index (χ0) is 29.4. The van der Waals surface area contributed by atoms with Gasteiger partial charge in [-0.2, -0.15) is 5.26 Å². The van der Waals surface area contributed by atoms with Crippen LogP contribution < -0.4 is 9.47 Å². The topological polar surface area (TPSA) is 86.1 Å². The van der Waals surface area contributed by atoms with Gasteiger partial charge in [-0.25, -0.2) is 14.4 Å². The van der Waals surface area contributed by atoms with E-state index in [0.717, 1.165) is 15.6 Å². The molecule has 0 saturated carbocycles. The van der Waals surface area contributed by atoms with Crippen molar-refractivity contribution in [1.82, 2.24) is 14.9 Å². The molecule has 0 fully saturated rings. The molecule has 0 radical (unpaired) electrons. The number of likely N-dealkylation sites (N-methyl/N-ethyl adjacent to an activating group) is 1. The van der Waals surface area contributed by atoms with E-state index in [1.165, 1.54) is 36.2 Å². The molecule has 0 N–H and O–H groups in total. The van der Waals surface area contributed by atoms with Crippen LogP contribution in [0, 0.1) is 17.3 Å². The average molecular weight is 599 g/mol. The Morgan fingerprint density at radius 2 is 1.90 bits per heavy atom. The highest BCUT2D eigenvalue weighted by Crippen LogP contribution is 2.28. The highest BCUT2D eigenvalue weighted by molar-refractivity contribution is 6.35. The summed E-state index contributed by atoms with van der Waals surface area (Å²) >= 11 is 12.2. The number of fused-ring (bicyclic) bond motifs is 1. The van der Waals surface area contributed by atoms with Crippen molar-refractivity contribution in [1.29, 1.82) is 5.26 Å². The molecule has 0 bridgehead atoms. The van der Waals surface area contributed by atoms with Gasteiger partial charge in [0.25, 0.3) is 11.8 Å². The number of ether oxygens (including phenoxy) is 2. The Kier molecular flexibility index (Phi) is 10.3. The standard InChI is InChI=1S/C30H29Cl2FN4O4/c1-35-30(39)26(15-21-7-3-2-4-8-21)37(29(38)19-41-28-11-9-23(31)17-25(28)32)13-5-6-14-40-27-12-10-24(33)16-22(27)18-36(35)20-34/h2-4,7-12,16-17,26H,5-6,13-15,18-19H2,1H3/t26-/m0/s1. The number of hydrazine groups is 1. The lowest BCUT2D eigenvalue weighted by Gasteiger charge is -2.36. The number of amides is 2. The Morgan fingerprint density at radius 1 is 1.12 bits per heavy atom. The van der Waals surface area contributed by atoms with Crippen molar-refractivity contribution in [3.05, 3.63) is 93.7 Å². The Morgan fingerprint density at radius 3 is 2.63 bits per heavy atom. The summed E-state index contributed by atoms with van der Waals surface area (Å²) in [6.07, 6.45) is 3.30. The second kappa shape index (κ2) is 14.1. The van der Waals surface area contributed by atoms with E-state index in [1.54, 1.807) is 12.1 Å². The maximum atomic E-state index is 14.1. The van der Waals surface area contributed by atoms with Crippen molar-refractivity contribution in [2.24, 2.45) is 0 Å². The number of hydrogen-bond donors (Lipinski definition) is 0. The highest BCUT2D eigenvalue weighted by atomic mass is 35.5. The second-order valence-electron chi connectivity index (χ2n) is 9.48. The maximum absolute atomic E-state index is 14.1. The predicted molar refractivity (Wildman–Crippen MR) is 153 cm³/mol. The van der Waals surface area contributed by atoms with Crippen LogP contribution in [0.5, 0.6) is 11.5 Å². The molecule has 1 heterocycles. The summed E-state index contributed by atoms with van der Waals surface area (Å²) in [4.78, 5) is 29.2. The fraction of sp³-hybridized carbons (Fsp3) is 0.300. The minimum Gasteiger partial charge on any atom is -0.493 e. The van der Waals surface area contributed by atoms with Crippen LogP contribution in [0.1, 0.15) is 24.0 Å². The lowest BCUT2D eigenvalue weighted by molar-refractivity contribution is -0.154. The second-order valence-corrected chi connectivity index (χ2v) is 10.3. The largest absolute Gasteiger partial charge is 0.493 e. The van der Waals surface area contributed by atoms with E-state index < -0.39 is 23.7 Å². The predicted octanol–water partition coefficient (Wildman–Crippen LogP) is 5.48. The number of nitrogens with zero attached hydrogens (tertiary/aromatic N) is 4. The van der Waals surface area contributed by atoms with Gasteiger partial charge in [-0.15, -0.1) is 0 Å². The van der Waals surface area contributed by atoms with Crippen molar-refractivity contribution in [2.45, 2.75) is 31.8 Å². The van der Waals surface area contributed by atoms with Crippen LogP contribution in [0.25, 0.3) is 0 Å². The minimum atomic E-state index is -0.955. The molecule has 1 atom stereocenters. The van der Waals surface area contributed by atoms with Crippen molar-refractivity contribution in [3.63, 3.8) is 0 Å². The normalized spacial score (nSPS) is 16.4. The van der Waals surface area contributed by atoms with Gasteiger partial charge in [-0.1, -0.05) is 53.5 Å². The molecule has 1 aliphatic heterocycles. The molecule has 1 aliphatic rings. The summed E-state index contributed by atoms with van der Waals surface area (Å²) in [5.41, 5.74) is 1.26. The van der Waals surface area contributed by atoms with Crippen molar-refractivity contribution < 1.29 is 23.5 Å². The zero-order valence-electron chi connectivity index (χ0n) is 22.4. The van der Waals surface area contributed by atoms with Gasteiger partial charge >= 0.3 is 0 Å². The summed E-state index contributed by atoms with van der Waals surface area (Å²) in [6.45, 7) is 0.0693. The Balaban J connectivity index is 1.66. The Hall–Kier alpha value is -4.00. The van der Waals surface area contributed by atoms with Crippen LogP contribution in [0.4, 0.5) is 4.39 Å². The van der Waals surface area contributed by atoms with E-state index in [4.69, 9.17) is 32.7 Å². The quantitative estimate of drug-likeness (QED) is 0.361. The van der Waals surface area contributed by atoms with E-state index in [1.807, 2.05) is 36.5 Å². The molecule has 3 aromatic rings.